The number of nitrogens with zero attached hydrogens (tertiary/aromatic N) is 2. The van der Waals surface area contributed by atoms with Crippen molar-refractivity contribution >= 4 is 17.7 Å². The average Bonchev–Trinajstić information content (AvgIpc) is 3.21. The highest BCUT2D eigenvalue weighted by Crippen LogP contribution is 2.34. The van der Waals surface area contributed by atoms with E-state index in [4.69, 9.17) is 5.73 Å². The first-order valence-corrected chi connectivity index (χ1v) is 11.0. The van der Waals surface area contributed by atoms with Crippen LogP contribution in [0.4, 0.5) is 0 Å². The van der Waals surface area contributed by atoms with Crippen LogP contribution in [-0.2, 0) is 27.2 Å². The number of fused-ring (bicyclic) bond motifs is 1. The first kappa shape index (κ1) is 20.8. The zero-order valence-electron chi connectivity index (χ0n) is 17.5. The molecule has 3 heterocycles. The predicted molar refractivity (Wildman–Crippen MR) is 110 cm³/mol. The summed E-state index contributed by atoms with van der Waals surface area (Å²) in [6.07, 6.45) is 7.16. The number of primary amides is 1. The molecule has 1 aromatic rings. The monoisotopic (exact) mass is 416 g/mol. The zero-order valence-corrected chi connectivity index (χ0v) is 17.5. The third kappa shape index (κ3) is 4.35. The van der Waals surface area contributed by atoms with Crippen molar-refractivity contribution in [3.63, 3.8) is 0 Å². The van der Waals surface area contributed by atoms with Crippen molar-refractivity contribution in [3.8, 4) is 0 Å². The van der Waals surface area contributed by atoms with E-state index in [1.165, 1.54) is 11.3 Å². The molecule has 4 rings (SSSR count). The molecule has 1 aliphatic carbocycles. The van der Waals surface area contributed by atoms with Crippen LogP contribution in [-0.4, -0.2) is 64.5 Å². The zero-order chi connectivity index (χ0) is 21.3. The van der Waals surface area contributed by atoms with Gasteiger partial charge in [-0.25, -0.2) is 0 Å². The number of aromatic nitrogens is 2. The minimum Gasteiger partial charge on any atom is -0.369 e. The number of H-pyrrole nitrogens is 1. The van der Waals surface area contributed by atoms with Crippen LogP contribution in [0.15, 0.2) is 6.20 Å². The van der Waals surface area contributed by atoms with Gasteiger partial charge in [-0.3, -0.25) is 19.5 Å². The summed E-state index contributed by atoms with van der Waals surface area (Å²) >= 11 is 0. The second kappa shape index (κ2) is 8.75. The van der Waals surface area contributed by atoms with E-state index in [-0.39, 0.29) is 23.9 Å². The van der Waals surface area contributed by atoms with Crippen molar-refractivity contribution in [2.75, 3.05) is 19.6 Å². The van der Waals surface area contributed by atoms with Gasteiger partial charge in [-0.15, -0.1) is 0 Å². The molecule has 2 saturated heterocycles. The third-order valence-electron chi connectivity index (χ3n) is 7.01. The molecule has 30 heavy (non-hydrogen) atoms. The molecular weight excluding hydrogens is 384 g/mol. The number of piperidine rings is 2. The smallest absolute Gasteiger partial charge is 0.312 e. The van der Waals surface area contributed by atoms with E-state index in [1.54, 1.807) is 4.90 Å². The minimum absolute atomic E-state index is 0.0744. The first-order valence-electron chi connectivity index (χ1n) is 11.0. The van der Waals surface area contributed by atoms with E-state index in [9.17, 15) is 14.4 Å². The van der Waals surface area contributed by atoms with Crippen molar-refractivity contribution in [1.29, 1.82) is 0 Å². The Labute approximate surface area is 176 Å². The van der Waals surface area contributed by atoms with Crippen LogP contribution in [0.1, 0.15) is 43.9 Å². The number of hydrogen-bond donors (Lipinski definition) is 4. The predicted octanol–water partition coefficient (Wildman–Crippen LogP) is -0.279. The van der Waals surface area contributed by atoms with Crippen LogP contribution in [0.2, 0.25) is 0 Å². The Kier molecular flexibility index (Phi) is 6.08. The number of aromatic amines is 1. The number of carbonyl (C=O) groups is 3. The van der Waals surface area contributed by atoms with Gasteiger partial charge in [0.2, 0.25) is 5.91 Å². The van der Waals surface area contributed by atoms with Crippen molar-refractivity contribution < 1.29 is 14.4 Å². The Balaban J connectivity index is 1.42. The van der Waals surface area contributed by atoms with E-state index in [0.29, 0.717) is 37.9 Å². The molecule has 5 N–H and O–H groups in total. The van der Waals surface area contributed by atoms with Gasteiger partial charge in [0.1, 0.15) is 0 Å². The van der Waals surface area contributed by atoms with Crippen LogP contribution < -0.4 is 16.4 Å². The molecule has 1 aromatic heterocycles. The standard InChI is InChI=1S/C21H32N6O3/c1-12-2-5-18(13-3-4-17-14(6-13)9-24-26-17)27(11-12)21(30)20(29)25-16-7-15(19(22)28)8-23-10-16/h9,12-13,15-16,18,23H,2-8,10-11H2,1H3,(H2,22,28)(H,24,26)(H,25,29). The first-order chi connectivity index (χ1) is 14.4. The minimum atomic E-state index is -0.578. The van der Waals surface area contributed by atoms with Crippen LogP contribution in [0.25, 0.3) is 0 Å². The summed E-state index contributed by atoms with van der Waals surface area (Å²) in [5.41, 5.74) is 7.83. The summed E-state index contributed by atoms with van der Waals surface area (Å²) < 4.78 is 0. The number of nitrogens with one attached hydrogen (secondary N) is 3. The molecule has 2 aliphatic heterocycles. The van der Waals surface area contributed by atoms with Crippen molar-refractivity contribution in [3.05, 3.63) is 17.5 Å². The Morgan fingerprint density at radius 2 is 2.07 bits per heavy atom. The fourth-order valence-corrected chi connectivity index (χ4v) is 5.32. The summed E-state index contributed by atoms with van der Waals surface area (Å²) in [4.78, 5) is 39.3. The van der Waals surface area contributed by atoms with Gasteiger partial charge in [-0.05, 0) is 55.9 Å². The van der Waals surface area contributed by atoms with Crippen LogP contribution in [0, 0.1) is 17.8 Å². The molecule has 5 unspecified atom stereocenters. The van der Waals surface area contributed by atoms with Crippen LogP contribution in [0.5, 0.6) is 0 Å². The van der Waals surface area contributed by atoms with E-state index >= 15 is 0 Å². The number of likely N-dealkylation sites (tertiary alicyclic amines) is 1. The molecule has 9 heteroatoms. The molecule has 9 nitrogen and oxygen atoms in total. The van der Waals surface area contributed by atoms with Gasteiger partial charge < -0.3 is 21.3 Å². The maximum absolute atomic E-state index is 13.2. The lowest BCUT2D eigenvalue weighted by atomic mass is 9.78. The fourth-order valence-electron chi connectivity index (χ4n) is 5.32. The Morgan fingerprint density at radius 1 is 1.23 bits per heavy atom. The van der Waals surface area contributed by atoms with E-state index < -0.39 is 11.8 Å². The topological polar surface area (TPSA) is 133 Å². The second-order valence-electron chi connectivity index (χ2n) is 9.25. The molecule has 2 fully saturated rings. The summed E-state index contributed by atoms with van der Waals surface area (Å²) in [6, 6.07) is -0.193. The molecule has 0 aromatic carbocycles. The largest absolute Gasteiger partial charge is 0.369 e. The second-order valence-corrected chi connectivity index (χ2v) is 9.25. The molecule has 0 radical (unpaired) electrons. The molecular formula is C21H32N6O3. The summed E-state index contributed by atoms with van der Waals surface area (Å²) in [7, 11) is 0. The highest BCUT2D eigenvalue weighted by Gasteiger charge is 2.39. The van der Waals surface area contributed by atoms with Gasteiger partial charge in [0.15, 0.2) is 0 Å². The van der Waals surface area contributed by atoms with E-state index in [2.05, 4.69) is 27.8 Å². The highest BCUT2D eigenvalue weighted by atomic mass is 16.2. The number of rotatable bonds is 3. The lowest BCUT2D eigenvalue weighted by Crippen LogP contribution is -2.58. The lowest BCUT2D eigenvalue weighted by molar-refractivity contribution is -0.150. The molecule has 164 valence electrons. The summed E-state index contributed by atoms with van der Waals surface area (Å²) in [5, 5.41) is 13.2. The van der Waals surface area contributed by atoms with Gasteiger partial charge in [0, 0.05) is 37.4 Å². The normalized spacial score (nSPS) is 31.6. The number of aryl methyl sites for hydroxylation is 1. The van der Waals surface area contributed by atoms with Gasteiger partial charge in [-0.2, -0.15) is 5.10 Å². The molecule has 0 saturated carbocycles. The van der Waals surface area contributed by atoms with Crippen molar-refractivity contribution in [1.82, 2.24) is 25.7 Å². The van der Waals surface area contributed by atoms with E-state index in [1.807, 2.05) is 6.20 Å². The average molecular weight is 417 g/mol. The molecule has 0 spiro atoms. The summed E-state index contributed by atoms with van der Waals surface area (Å²) in [6.45, 7) is 3.79. The Hall–Kier alpha value is -2.42. The van der Waals surface area contributed by atoms with Gasteiger partial charge >= 0.3 is 11.8 Å². The van der Waals surface area contributed by atoms with Crippen molar-refractivity contribution in [2.45, 2.75) is 57.5 Å². The number of nitrogens with two attached hydrogens (primary N) is 1. The van der Waals surface area contributed by atoms with Crippen molar-refractivity contribution in [2.24, 2.45) is 23.5 Å². The highest BCUT2D eigenvalue weighted by molar-refractivity contribution is 6.35. The van der Waals surface area contributed by atoms with Gasteiger partial charge in [-0.1, -0.05) is 6.92 Å². The maximum atomic E-state index is 13.2. The van der Waals surface area contributed by atoms with Gasteiger partial charge in [0.05, 0.1) is 12.1 Å². The molecule has 3 aliphatic rings. The number of hydrogen-bond acceptors (Lipinski definition) is 5. The quantitative estimate of drug-likeness (QED) is 0.503. The SMILES string of the molecule is CC1CCC(C2CCc3[nH]ncc3C2)N(C(=O)C(=O)NC2CNCC(C(N)=O)C2)C1. The van der Waals surface area contributed by atoms with Gasteiger partial charge in [0.25, 0.3) is 0 Å². The number of carbonyl (C=O) groups excluding carboxylic acids is 3. The third-order valence-corrected chi connectivity index (χ3v) is 7.01. The van der Waals surface area contributed by atoms with E-state index in [0.717, 1.165) is 32.1 Å². The molecule has 5 atom stereocenters. The van der Waals surface area contributed by atoms with Crippen LogP contribution in [0.3, 0.4) is 0 Å². The molecule has 3 amide bonds. The van der Waals surface area contributed by atoms with Crippen LogP contribution >= 0.6 is 0 Å². The fraction of sp³-hybridized carbons (Fsp3) is 0.714. The Bertz CT molecular complexity index is 808. The lowest BCUT2D eigenvalue weighted by Gasteiger charge is -2.43. The summed E-state index contributed by atoms with van der Waals surface area (Å²) in [5.74, 6) is -1.02. The Morgan fingerprint density at radius 3 is 2.87 bits per heavy atom. The number of amides is 3. The molecule has 0 bridgehead atoms. The maximum Gasteiger partial charge on any atom is 0.312 e.